The molecule has 67 valence electrons. The van der Waals surface area contributed by atoms with Crippen LogP contribution in [-0.2, 0) is 0 Å². The molecule has 0 N–H and O–H groups in total. The number of hydrogen-bond donors (Lipinski definition) is 0. The number of fused-ring (bicyclic) bond motifs is 2. The summed E-state index contributed by atoms with van der Waals surface area (Å²) < 4.78 is 0. The molecule has 1 radical (unpaired) electrons. The molecule has 1 heteroatoms. The van der Waals surface area contributed by atoms with Crippen molar-refractivity contribution in [3.8, 4) is 0 Å². The van der Waals surface area contributed by atoms with Gasteiger partial charge in [0.05, 0.1) is 0 Å². The first-order valence-corrected chi connectivity index (χ1v) is 5.11. The summed E-state index contributed by atoms with van der Waals surface area (Å²) in [6, 6.07) is 8.78. The molecule has 0 amide bonds. The normalized spacial score (nSPS) is 18.6. The van der Waals surface area contributed by atoms with Gasteiger partial charge in [-0.1, -0.05) is 29.8 Å². The first kappa shape index (κ1) is 10.1. The molecule has 0 aliphatic heterocycles. The van der Waals surface area contributed by atoms with Crippen molar-refractivity contribution in [3.63, 3.8) is 0 Å². The maximum absolute atomic E-state index is 2.38. The molecule has 3 rings (SSSR count). The van der Waals surface area contributed by atoms with Gasteiger partial charge < -0.3 is 0 Å². The number of allylic oxidation sites excluding steroid dienone is 2. The molecule has 0 aromatic heterocycles. The van der Waals surface area contributed by atoms with Crippen molar-refractivity contribution in [1.29, 1.82) is 0 Å². The zero-order chi connectivity index (χ0) is 8.67. The Morgan fingerprint density at radius 1 is 0.929 bits per heavy atom. The third kappa shape index (κ3) is 1.47. The molecular formula is C13H14Li. The summed E-state index contributed by atoms with van der Waals surface area (Å²) >= 11 is 0. The van der Waals surface area contributed by atoms with Crippen molar-refractivity contribution >= 4 is 24.4 Å². The van der Waals surface area contributed by atoms with Gasteiger partial charge in [0.25, 0.3) is 0 Å². The standard InChI is InChI=1S/C13H13.Li.H/c1-3-7-12-10(5-1)9-11-6-2-4-8-13(11)12;;/h1,3,5,7,9H,2,4,6,8H2;;. The van der Waals surface area contributed by atoms with Crippen LogP contribution in [0.5, 0.6) is 0 Å². The van der Waals surface area contributed by atoms with Gasteiger partial charge in [0, 0.05) is 6.42 Å². The maximum atomic E-state index is 2.38. The first-order chi connectivity index (χ1) is 6.45. The van der Waals surface area contributed by atoms with Crippen molar-refractivity contribution in [3.05, 3.63) is 47.4 Å². The van der Waals surface area contributed by atoms with E-state index in [2.05, 4.69) is 30.7 Å². The Morgan fingerprint density at radius 3 is 2.64 bits per heavy atom. The number of hydrogen-bond acceptors (Lipinski definition) is 0. The fourth-order valence-electron chi connectivity index (χ4n) is 2.48. The minimum absolute atomic E-state index is 0. The molecule has 0 bridgehead atoms. The molecule has 0 fully saturated rings. The third-order valence-electron chi connectivity index (χ3n) is 3.13. The van der Waals surface area contributed by atoms with Crippen LogP contribution in [0.15, 0.2) is 29.8 Å². The number of benzene rings is 1. The van der Waals surface area contributed by atoms with Gasteiger partial charge in [0.1, 0.15) is 0 Å². The van der Waals surface area contributed by atoms with Gasteiger partial charge in [0.2, 0.25) is 0 Å². The summed E-state index contributed by atoms with van der Waals surface area (Å²) in [6.45, 7) is 0. The second kappa shape index (κ2) is 3.97. The molecule has 0 saturated heterocycles. The van der Waals surface area contributed by atoms with Crippen LogP contribution in [0.2, 0.25) is 0 Å². The van der Waals surface area contributed by atoms with E-state index in [0.717, 1.165) is 0 Å². The van der Waals surface area contributed by atoms with Crippen LogP contribution in [0.3, 0.4) is 0 Å². The predicted molar refractivity (Wildman–Crippen MR) is 62.4 cm³/mol. The quantitative estimate of drug-likeness (QED) is 0.534. The second-order valence-corrected chi connectivity index (χ2v) is 3.94. The molecule has 0 saturated carbocycles. The summed E-state index contributed by atoms with van der Waals surface area (Å²) in [6.07, 6.45) is 7.72. The van der Waals surface area contributed by atoms with E-state index in [0.29, 0.717) is 0 Å². The van der Waals surface area contributed by atoms with Crippen LogP contribution in [-0.4, -0.2) is 18.9 Å². The zero-order valence-corrected chi connectivity index (χ0v) is 7.72. The van der Waals surface area contributed by atoms with E-state index in [1.807, 2.05) is 0 Å². The van der Waals surface area contributed by atoms with Crippen molar-refractivity contribution in [1.82, 2.24) is 0 Å². The molecular weight excluding hydrogens is 163 g/mol. The molecule has 0 unspecified atom stereocenters. The molecule has 2 aliphatic carbocycles. The van der Waals surface area contributed by atoms with E-state index in [9.17, 15) is 0 Å². The van der Waals surface area contributed by atoms with E-state index in [1.54, 1.807) is 11.1 Å². The molecule has 1 aromatic carbocycles. The van der Waals surface area contributed by atoms with Gasteiger partial charge in [-0.05, 0) is 42.4 Å². The van der Waals surface area contributed by atoms with Crippen LogP contribution >= 0.6 is 0 Å². The predicted octanol–water partition coefficient (Wildman–Crippen LogP) is 2.93. The molecule has 0 nitrogen and oxygen atoms in total. The van der Waals surface area contributed by atoms with Crippen LogP contribution in [0, 0.1) is 6.42 Å². The Hall–Kier alpha value is -0.443. The average Bonchev–Trinajstić information content (AvgIpc) is 2.56. The van der Waals surface area contributed by atoms with Crippen molar-refractivity contribution in [2.45, 2.75) is 25.7 Å². The summed E-state index contributed by atoms with van der Waals surface area (Å²) in [4.78, 5) is 0. The van der Waals surface area contributed by atoms with Crippen LogP contribution < -0.4 is 0 Å². The van der Waals surface area contributed by atoms with Crippen molar-refractivity contribution in [2.24, 2.45) is 0 Å². The van der Waals surface area contributed by atoms with E-state index in [4.69, 9.17) is 0 Å². The summed E-state index contributed by atoms with van der Waals surface area (Å²) in [7, 11) is 0. The molecule has 1 aromatic rings. The summed E-state index contributed by atoms with van der Waals surface area (Å²) in [5, 5.41) is 0. The average molecular weight is 177 g/mol. The van der Waals surface area contributed by atoms with E-state index in [1.165, 1.54) is 36.8 Å². The van der Waals surface area contributed by atoms with Crippen LogP contribution in [0.4, 0.5) is 0 Å². The van der Waals surface area contributed by atoms with Gasteiger partial charge in [0.15, 0.2) is 0 Å². The van der Waals surface area contributed by atoms with Crippen molar-refractivity contribution in [2.75, 3.05) is 0 Å². The van der Waals surface area contributed by atoms with Gasteiger partial charge in [-0.15, -0.1) is 0 Å². The molecule has 2 aliphatic rings. The first-order valence-electron chi connectivity index (χ1n) is 5.11. The molecule has 14 heavy (non-hydrogen) atoms. The Morgan fingerprint density at radius 2 is 1.71 bits per heavy atom. The Bertz CT molecular complexity index is 377. The van der Waals surface area contributed by atoms with Crippen LogP contribution in [0.25, 0.3) is 5.57 Å². The Labute approximate surface area is 97.6 Å². The van der Waals surface area contributed by atoms with E-state index >= 15 is 0 Å². The van der Waals surface area contributed by atoms with Gasteiger partial charge in [-0.3, -0.25) is 0 Å². The zero-order valence-electron chi connectivity index (χ0n) is 7.72. The van der Waals surface area contributed by atoms with Gasteiger partial charge in [-0.25, -0.2) is 0 Å². The summed E-state index contributed by atoms with van der Waals surface area (Å²) in [5.74, 6) is 0. The second-order valence-electron chi connectivity index (χ2n) is 3.94. The Kier molecular flexibility index (Phi) is 2.86. The fourth-order valence-corrected chi connectivity index (χ4v) is 2.48. The van der Waals surface area contributed by atoms with E-state index in [-0.39, 0.29) is 18.9 Å². The van der Waals surface area contributed by atoms with Gasteiger partial charge in [-0.2, -0.15) is 0 Å². The monoisotopic (exact) mass is 177 g/mol. The molecule has 0 atom stereocenters. The number of rotatable bonds is 0. The van der Waals surface area contributed by atoms with Crippen molar-refractivity contribution < 1.29 is 0 Å². The molecule has 0 spiro atoms. The summed E-state index contributed by atoms with van der Waals surface area (Å²) in [5.41, 5.74) is 6.17. The fraction of sp³-hybridized carbons (Fsp3) is 0.308. The van der Waals surface area contributed by atoms with Crippen LogP contribution in [0.1, 0.15) is 36.8 Å². The minimum atomic E-state index is 0. The van der Waals surface area contributed by atoms with E-state index < -0.39 is 0 Å². The third-order valence-corrected chi connectivity index (χ3v) is 3.13. The SMILES string of the molecule is [CH]1C2=C(CCCC2)c2ccccc21.[LiH]. The van der Waals surface area contributed by atoms with Gasteiger partial charge >= 0.3 is 18.9 Å². The topological polar surface area (TPSA) is 0 Å². The Balaban J connectivity index is 0.000000750. The molecule has 0 heterocycles.